The Bertz CT molecular complexity index is 634. The average molecular weight is 347 g/mol. The number of thioether (sulfide) groups is 1. The minimum absolute atomic E-state index is 0.178. The molecule has 0 N–H and O–H groups in total. The molecule has 0 saturated carbocycles. The van der Waals surface area contributed by atoms with Gasteiger partial charge >= 0.3 is 0 Å². The summed E-state index contributed by atoms with van der Waals surface area (Å²) >= 11 is 3.48. The molecule has 0 atom stereocenters. The first kappa shape index (κ1) is 16.6. The van der Waals surface area contributed by atoms with Crippen LogP contribution >= 0.6 is 23.1 Å². The molecule has 1 aliphatic heterocycles. The molecular formula is C18H22N2OS2. The van der Waals surface area contributed by atoms with Gasteiger partial charge in [-0.25, -0.2) is 0 Å². The predicted octanol–water partition coefficient (Wildman–Crippen LogP) is 3.82. The first-order chi connectivity index (χ1) is 11.3. The lowest BCUT2D eigenvalue weighted by atomic mass is 10.1. The smallest absolute Gasteiger partial charge is 0.255 e. The van der Waals surface area contributed by atoms with Gasteiger partial charge in [0.05, 0.1) is 5.56 Å². The van der Waals surface area contributed by atoms with E-state index < -0.39 is 0 Å². The van der Waals surface area contributed by atoms with E-state index in [4.69, 9.17) is 0 Å². The molecule has 0 radical (unpaired) electrons. The molecule has 122 valence electrons. The molecule has 0 bridgehead atoms. The van der Waals surface area contributed by atoms with Crippen LogP contribution in [0.25, 0.3) is 0 Å². The fraction of sp³-hybridized carbons (Fsp3) is 0.389. The van der Waals surface area contributed by atoms with Crippen LogP contribution in [0.15, 0.2) is 46.0 Å². The van der Waals surface area contributed by atoms with Crippen LogP contribution < -0.4 is 0 Å². The maximum atomic E-state index is 12.8. The van der Waals surface area contributed by atoms with Gasteiger partial charge in [-0.15, -0.1) is 11.8 Å². The number of benzene rings is 1. The Morgan fingerprint density at radius 2 is 1.96 bits per heavy atom. The molecule has 5 heteroatoms. The van der Waals surface area contributed by atoms with Crippen LogP contribution in [0.3, 0.4) is 0 Å². The highest BCUT2D eigenvalue weighted by Crippen LogP contribution is 2.24. The highest BCUT2D eigenvalue weighted by Gasteiger charge is 2.23. The lowest BCUT2D eigenvalue weighted by Crippen LogP contribution is -2.48. The van der Waals surface area contributed by atoms with Crippen LogP contribution in [-0.4, -0.2) is 47.6 Å². The molecule has 1 aromatic carbocycles. The van der Waals surface area contributed by atoms with Crippen molar-refractivity contribution in [3.05, 3.63) is 52.2 Å². The largest absolute Gasteiger partial charge is 0.336 e. The average Bonchev–Trinajstić information content (AvgIpc) is 3.09. The number of hydrogen-bond acceptors (Lipinski definition) is 4. The van der Waals surface area contributed by atoms with Crippen LogP contribution in [0.5, 0.6) is 0 Å². The van der Waals surface area contributed by atoms with Crippen molar-refractivity contribution < 1.29 is 4.79 Å². The summed E-state index contributed by atoms with van der Waals surface area (Å²) in [6.07, 6.45) is 0. The van der Waals surface area contributed by atoms with Gasteiger partial charge in [0.15, 0.2) is 0 Å². The monoisotopic (exact) mass is 346 g/mol. The van der Waals surface area contributed by atoms with E-state index in [1.54, 1.807) is 23.1 Å². The summed E-state index contributed by atoms with van der Waals surface area (Å²) in [5.41, 5.74) is 2.23. The lowest BCUT2D eigenvalue weighted by Gasteiger charge is -2.35. The standard InChI is InChI=1S/C18H22N2OS2/c1-2-23-17-6-4-3-5-16(17)18(21)20-10-8-19(9-11-20)13-15-7-12-22-14-15/h3-7,12,14H,2,8-11,13H2,1H3. The molecule has 1 aromatic heterocycles. The fourth-order valence-electron chi connectivity index (χ4n) is 2.84. The van der Waals surface area contributed by atoms with Gasteiger partial charge in [0.2, 0.25) is 0 Å². The van der Waals surface area contributed by atoms with Crippen molar-refractivity contribution in [2.24, 2.45) is 0 Å². The molecular weight excluding hydrogens is 324 g/mol. The second-order valence-electron chi connectivity index (χ2n) is 5.63. The van der Waals surface area contributed by atoms with Crippen molar-refractivity contribution >= 4 is 29.0 Å². The fourth-order valence-corrected chi connectivity index (χ4v) is 4.30. The lowest BCUT2D eigenvalue weighted by molar-refractivity contribution is 0.0625. The number of rotatable bonds is 5. The SMILES string of the molecule is CCSc1ccccc1C(=O)N1CCN(Cc2ccsc2)CC1. The van der Waals surface area contributed by atoms with E-state index in [1.807, 2.05) is 29.2 Å². The van der Waals surface area contributed by atoms with E-state index in [2.05, 4.69) is 28.7 Å². The Hall–Kier alpha value is -1.30. The van der Waals surface area contributed by atoms with E-state index in [9.17, 15) is 4.79 Å². The highest BCUT2D eigenvalue weighted by molar-refractivity contribution is 7.99. The number of carbonyl (C=O) groups excluding carboxylic acids is 1. The van der Waals surface area contributed by atoms with Gasteiger partial charge in [-0.2, -0.15) is 11.3 Å². The van der Waals surface area contributed by atoms with Crippen molar-refractivity contribution in [3.63, 3.8) is 0 Å². The molecule has 2 heterocycles. The van der Waals surface area contributed by atoms with Crippen molar-refractivity contribution in [1.82, 2.24) is 9.80 Å². The van der Waals surface area contributed by atoms with Crippen molar-refractivity contribution in [3.8, 4) is 0 Å². The van der Waals surface area contributed by atoms with Gasteiger partial charge < -0.3 is 4.90 Å². The summed E-state index contributed by atoms with van der Waals surface area (Å²) in [5.74, 6) is 1.16. The number of hydrogen-bond donors (Lipinski definition) is 0. The molecule has 1 fully saturated rings. The van der Waals surface area contributed by atoms with Gasteiger partial charge in [-0.3, -0.25) is 9.69 Å². The van der Waals surface area contributed by atoms with Crippen molar-refractivity contribution in [2.45, 2.75) is 18.4 Å². The van der Waals surface area contributed by atoms with Gasteiger partial charge in [0, 0.05) is 37.6 Å². The second kappa shape index (κ2) is 7.99. The Morgan fingerprint density at radius 3 is 2.65 bits per heavy atom. The van der Waals surface area contributed by atoms with Crippen LogP contribution in [-0.2, 0) is 6.54 Å². The first-order valence-corrected chi connectivity index (χ1v) is 9.95. The second-order valence-corrected chi connectivity index (χ2v) is 7.72. The summed E-state index contributed by atoms with van der Waals surface area (Å²) < 4.78 is 0. The summed E-state index contributed by atoms with van der Waals surface area (Å²) in [4.78, 5) is 18.3. The quantitative estimate of drug-likeness (QED) is 0.769. The van der Waals surface area contributed by atoms with Crippen LogP contribution in [0, 0.1) is 0 Å². The maximum Gasteiger partial charge on any atom is 0.255 e. The molecule has 1 saturated heterocycles. The van der Waals surface area contributed by atoms with E-state index in [-0.39, 0.29) is 5.91 Å². The highest BCUT2D eigenvalue weighted by atomic mass is 32.2. The van der Waals surface area contributed by atoms with E-state index in [0.717, 1.165) is 48.9 Å². The van der Waals surface area contributed by atoms with Crippen LogP contribution in [0.2, 0.25) is 0 Å². The normalized spacial score (nSPS) is 15.8. The third kappa shape index (κ3) is 4.16. The minimum Gasteiger partial charge on any atom is -0.336 e. The molecule has 0 unspecified atom stereocenters. The third-order valence-electron chi connectivity index (χ3n) is 4.06. The zero-order chi connectivity index (χ0) is 16.1. The zero-order valence-corrected chi connectivity index (χ0v) is 15.0. The van der Waals surface area contributed by atoms with E-state index in [0.29, 0.717) is 0 Å². The summed E-state index contributed by atoms with van der Waals surface area (Å²) in [5, 5.41) is 4.33. The molecule has 1 amide bonds. The van der Waals surface area contributed by atoms with E-state index >= 15 is 0 Å². The maximum absolute atomic E-state index is 12.8. The third-order valence-corrected chi connectivity index (χ3v) is 5.75. The molecule has 3 rings (SSSR count). The van der Waals surface area contributed by atoms with Crippen molar-refractivity contribution in [2.75, 3.05) is 31.9 Å². The Labute approximate surface area is 146 Å². The van der Waals surface area contributed by atoms with Gasteiger partial charge in [-0.1, -0.05) is 19.1 Å². The van der Waals surface area contributed by atoms with Crippen LogP contribution in [0.1, 0.15) is 22.8 Å². The zero-order valence-electron chi connectivity index (χ0n) is 13.4. The molecule has 23 heavy (non-hydrogen) atoms. The molecule has 0 aliphatic carbocycles. The minimum atomic E-state index is 0.178. The topological polar surface area (TPSA) is 23.6 Å². The summed E-state index contributed by atoms with van der Waals surface area (Å²) in [7, 11) is 0. The van der Waals surface area contributed by atoms with E-state index in [1.165, 1.54) is 5.56 Å². The number of piperazine rings is 1. The molecule has 2 aromatic rings. The summed E-state index contributed by atoms with van der Waals surface area (Å²) in [6, 6.07) is 10.2. The predicted molar refractivity (Wildman–Crippen MR) is 98.3 cm³/mol. The number of amides is 1. The van der Waals surface area contributed by atoms with Crippen LogP contribution in [0.4, 0.5) is 0 Å². The first-order valence-electron chi connectivity index (χ1n) is 8.02. The molecule has 3 nitrogen and oxygen atoms in total. The number of carbonyl (C=O) groups is 1. The molecule has 1 aliphatic rings. The van der Waals surface area contributed by atoms with Crippen molar-refractivity contribution in [1.29, 1.82) is 0 Å². The van der Waals surface area contributed by atoms with Gasteiger partial charge in [0.1, 0.15) is 0 Å². The Balaban J connectivity index is 1.60. The Morgan fingerprint density at radius 1 is 1.17 bits per heavy atom. The van der Waals surface area contributed by atoms with Gasteiger partial charge in [-0.05, 0) is 40.3 Å². The van der Waals surface area contributed by atoms with Gasteiger partial charge in [0.25, 0.3) is 5.91 Å². The molecule has 0 spiro atoms. The number of thiophene rings is 1. The Kier molecular flexibility index (Phi) is 5.75. The summed E-state index contributed by atoms with van der Waals surface area (Å²) in [6.45, 7) is 6.64. The number of nitrogens with zero attached hydrogens (tertiary/aromatic N) is 2.